The maximum absolute atomic E-state index is 11.2. The van der Waals surface area contributed by atoms with Crippen LogP contribution in [0, 0.1) is 0 Å². The molecule has 6 nitrogen and oxygen atoms in total. The largest absolute Gasteiger partial charge is 0.508 e. The molecular formula is C12H18O6S. The van der Waals surface area contributed by atoms with E-state index >= 15 is 0 Å². The summed E-state index contributed by atoms with van der Waals surface area (Å²) in [5.41, 5.74) is 0. The zero-order chi connectivity index (χ0) is 14.3. The Morgan fingerprint density at radius 3 is 2.53 bits per heavy atom. The molecule has 108 valence electrons. The lowest BCUT2D eigenvalue weighted by Gasteiger charge is -2.23. The lowest BCUT2D eigenvalue weighted by molar-refractivity contribution is 0.0337. The second-order valence-corrected chi connectivity index (χ2v) is 4.81. The molecule has 0 saturated heterocycles. The molecule has 7 heteroatoms. The van der Waals surface area contributed by atoms with Crippen molar-refractivity contribution in [2.45, 2.75) is 37.6 Å². The minimum atomic E-state index is -0.776. The van der Waals surface area contributed by atoms with Crippen molar-refractivity contribution in [3.05, 3.63) is 12.2 Å². The molecule has 0 spiro atoms. The van der Waals surface area contributed by atoms with Crippen molar-refractivity contribution >= 4 is 23.2 Å². The average molecular weight is 290 g/mol. The number of ether oxygens (including phenoxy) is 3. The van der Waals surface area contributed by atoms with Gasteiger partial charge in [0.2, 0.25) is 0 Å². The van der Waals surface area contributed by atoms with E-state index in [2.05, 4.69) is 4.74 Å². The third-order valence-corrected chi connectivity index (χ3v) is 3.09. The molecule has 0 amide bonds. The molecule has 0 fully saturated rings. The van der Waals surface area contributed by atoms with Crippen molar-refractivity contribution in [2.24, 2.45) is 0 Å². The lowest BCUT2D eigenvalue weighted by atomic mass is 10.00. The highest BCUT2D eigenvalue weighted by Crippen LogP contribution is 2.19. The summed E-state index contributed by atoms with van der Waals surface area (Å²) >= 11 is 0.965. The Labute approximate surface area is 116 Å². The summed E-state index contributed by atoms with van der Waals surface area (Å²) in [6, 6.07) is 0. The molecule has 0 aromatic heterocycles. The van der Waals surface area contributed by atoms with Crippen LogP contribution in [0.25, 0.3) is 0 Å². The van der Waals surface area contributed by atoms with Crippen molar-refractivity contribution in [3.8, 4) is 0 Å². The van der Waals surface area contributed by atoms with Gasteiger partial charge in [0.15, 0.2) is 0 Å². The third kappa shape index (κ3) is 5.98. The first-order chi connectivity index (χ1) is 9.05. The molecule has 1 aliphatic carbocycles. The summed E-state index contributed by atoms with van der Waals surface area (Å²) < 4.78 is 14.5. The fraction of sp³-hybridized carbons (Fsp3) is 0.667. The number of hydrogen-bond acceptors (Lipinski definition) is 7. The van der Waals surface area contributed by atoms with Gasteiger partial charge in [0, 0.05) is 6.42 Å². The van der Waals surface area contributed by atoms with Crippen LogP contribution in [0.3, 0.4) is 0 Å². The second-order valence-electron chi connectivity index (χ2n) is 4.07. The van der Waals surface area contributed by atoms with Crippen LogP contribution in [0.4, 0.5) is 9.59 Å². The van der Waals surface area contributed by atoms with Crippen molar-refractivity contribution in [1.82, 2.24) is 0 Å². The van der Waals surface area contributed by atoms with E-state index in [0.29, 0.717) is 19.3 Å². The van der Waals surface area contributed by atoms with Gasteiger partial charge in [-0.05, 0) is 43.0 Å². The van der Waals surface area contributed by atoms with Gasteiger partial charge in [0.25, 0.3) is 0 Å². The first kappa shape index (κ1) is 15.8. The highest BCUT2D eigenvalue weighted by atomic mass is 32.2. The van der Waals surface area contributed by atoms with E-state index in [1.54, 1.807) is 18.4 Å². The summed E-state index contributed by atoms with van der Waals surface area (Å²) in [5, 5.41) is 9.37. The number of methoxy groups -OCH3 is 1. The molecular weight excluding hydrogens is 272 g/mol. The Balaban J connectivity index is 2.64. The molecule has 0 radical (unpaired) electrons. The van der Waals surface area contributed by atoms with Crippen molar-refractivity contribution in [2.75, 3.05) is 13.4 Å². The van der Waals surface area contributed by atoms with Gasteiger partial charge in [-0.1, -0.05) is 0 Å². The summed E-state index contributed by atoms with van der Waals surface area (Å²) in [6.45, 7) is 0. The summed E-state index contributed by atoms with van der Waals surface area (Å²) in [6.07, 6.45) is 3.82. The number of rotatable bonds is 2. The molecule has 3 unspecified atom stereocenters. The number of aliphatic hydroxyl groups excluding tert-OH is 1. The van der Waals surface area contributed by atoms with E-state index in [9.17, 15) is 14.7 Å². The highest BCUT2D eigenvalue weighted by Gasteiger charge is 2.22. The van der Waals surface area contributed by atoms with Gasteiger partial charge < -0.3 is 19.3 Å². The summed E-state index contributed by atoms with van der Waals surface area (Å²) in [4.78, 5) is 22.2. The Kier molecular flexibility index (Phi) is 6.72. The molecule has 0 bridgehead atoms. The van der Waals surface area contributed by atoms with E-state index in [0.717, 1.165) is 11.8 Å². The van der Waals surface area contributed by atoms with Crippen LogP contribution in [0.1, 0.15) is 19.3 Å². The first-order valence-corrected chi connectivity index (χ1v) is 7.13. The van der Waals surface area contributed by atoms with E-state index in [-0.39, 0.29) is 0 Å². The number of carbonyl (C=O) groups excluding carboxylic acids is 2. The van der Waals surface area contributed by atoms with Crippen molar-refractivity contribution < 1.29 is 28.9 Å². The fourth-order valence-corrected chi connectivity index (χ4v) is 1.91. The Morgan fingerprint density at radius 1 is 1.21 bits per heavy atom. The maximum atomic E-state index is 11.2. The molecule has 0 aliphatic heterocycles. The molecule has 1 aliphatic rings. The number of carbonyl (C=O) groups is 2. The van der Waals surface area contributed by atoms with Crippen LogP contribution in [-0.2, 0) is 14.2 Å². The zero-order valence-corrected chi connectivity index (χ0v) is 11.7. The van der Waals surface area contributed by atoms with E-state index < -0.39 is 29.8 Å². The van der Waals surface area contributed by atoms with E-state index in [1.807, 2.05) is 0 Å². The van der Waals surface area contributed by atoms with Gasteiger partial charge in [-0.3, -0.25) is 0 Å². The van der Waals surface area contributed by atoms with Crippen LogP contribution in [0.2, 0.25) is 0 Å². The van der Waals surface area contributed by atoms with Gasteiger partial charge in [-0.15, -0.1) is 0 Å². The third-order valence-electron chi connectivity index (χ3n) is 2.66. The van der Waals surface area contributed by atoms with Gasteiger partial charge in [0.1, 0.15) is 12.2 Å². The van der Waals surface area contributed by atoms with Crippen molar-refractivity contribution in [1.29, 1.82) is 0 Å². The highest BCUT2D eigenvalue weighted by molar-refractivity contribution is 8.12. The standard InChI is InChI=1S/C12H18O6S/c1-16-11(14)17-9-4-3-8(13)7-10(6-5-9)18-12(15)19-2/h5-6,8-10,13H,3-4,7H2,1-2H3/b6-5+. The average Bonchev–Trinajstić information content (AvgIpc) is 2.39. The maximum Gasteiger partial charge on any atom is 0.508 e. The summed E-state index contributed by atoms with van der Waals surface area (Å²) in [7, 11) is 1.23. The van der Waals surface area contributed by atoms with Crippen LogP contribution in [0.15, 0.2) is 12.2 Å². The molecule has 3 atom stereocenters. The molecule has 1 rings (SSSR count). The Bertz CT molecular complexity index is 343. The molecule has 0 saturated carbocycles. The number of thioether (sulfide) groups is 1. The molecule has 19 heavy (non-hydrogen) atoms. The van der Waals surface area contributed by atoms with Gasteiger partial charge >= 0.3 is 11.5 Å². The zero-order valence-electron chi connectivity index (χ0n) is 10.9. The van der Waals surface area contributed by atoms with Crippen LogP contribution >= 0.6 is 11.8 Å². The predicted molar refractivity (Wildman–Crippen MR) is 70.1 cm³/mol. The number of hydrogen-bond donors (Lipinski definition) is 1. The minimum absolute atomic E-state index is 0.341. The molecule has 0 aromatic carbocycles. The van der Waals surface area contributed by atoms with Gasteiger partial charge in [-0.25, -0.2) is 9.59 Å². The van der Waals surface area contributed by atoms with Gasteiger partial charge in [-0.2, -0.15) is 0 Å². The lowest BCUT2D eigenvalue weighted by Crippen LogP contribution is -2.26. The quantitative estimate of drug-likeness (QED) is 0.616. The van der Waals surface area contributed by atoms with Crippen LogP contribution in [0.5, 0.6) is 0 Å². The second kappa shape index (κ2) is 8.06. The smallest absolute Gasteiger partial charge is 0.450 e. The Hall–Kier alpha value is -1.21. The minimum Gasteiger partial charge on any atom is -0.450 e. The molecule has 0 aromatic rings. The summed E-state index contributed by atoms with van der Waals surface area (Å²) in [5.74, 6) is 0. The predicted octanol–water partition coefficient (Wildman–Crippen LogP) is 2.11. The van der Waals surface area contributed by atoms with E-state index in [4.69, 9.17) is 9.47 Å². The topological polar surface area (TPSA) is 82.1 Å². The van der Waals surface area contributed by atoms with E-state index in [1.165, 1.54) is 7.11 Å². The number of aliphatic hydroxyl groups is 1. The monoisotopic (exact) mass is 290 g/mol. The van der Waals surface area contributed by atoms with Crippen LogP contribution in [-0.4, -0.2) is 48.2 Å². The first-order valence-electron chi connectivity index (χ1n) is 5.90. The molecule has 0 heterocycles. The van der Waals surface area contributed by atoms with Crippen LogP contribution < -0.4 is 0 Å². The SMILES string of the molecule is COC(=O)OC1/C=C/C(OC(=O)SC)CC(O)CC1. The fourth-order valence-electron chi connectivity index (χ4n) is 1.69. The van der Waals surface area contributed by atoms with Crippen molar-refractivity contribution in [3.63, 3.8) is 0 Å². The normalized spacial score (nSPS) is 28.7. The molecule has 1 N–H and O–H groups in total. The Morgan fingerprint density at radius 2 is 1.89 bits per heavy atom. The van der Waals surface area contributed by atoms with Gasteiger partial charge in [0.05, 0.1) is 13.2 Å².